The molecule has 10 heteroatoms. The van der Waals surface area contributed by atoms with Crippen molar-refractivity contribution in [2.75, 3.05) is 20.5 Å². The summed E-state index contributed by atoms with van der Waals surface area (Å²) in [5.41, 5.74) is 1.11. The number of carbonyl (C=O) groups excluding carboxylic acids is 1. The molecule has 0 fully saturated rings. The van der Waals surface area contributed by atoms with Gasteiger partial charge in [0.05, 0.1) is 6.61 Å². The topological polar surface area (TPSA) is 132 Å². The highest BCUT2D eigenvalue weighted by molar-refractivity contribution is 6.76. The second-order valence-corrected chi connectivity index (χ2v) is 15.0. The largest absolute Gasteiger partial charge is 0.504 e. The van der Waals surface area contributed by atoms with Crippen molar-refractivity contribution >= 4 is 26.1 Å². The summed E-state index contributed by atoms with van der Waals surface area (Å²) in [6.45, 7) is 6.79. The zero-order valence-electron chi connectivity index (χ0n) is 20.1. The molecule has 0 aliphatic carbocycles. The summed E-state index contributed by atoms with van der Waals surface area (Å²) in [7, 11) is 0.100. The zero-order valence-corrected chi connectivity index (χ0v) is 21.1. The van der Waals surface area contributed by atoms with Gasteiger partial charge in [0.2, 0.25) is 0 Å². The number of benzene rings is 2. The summed E-state index contributed by atoms with van der Waals surface area (Å²) < 4.78 is 21.9. The Hall–Kier alpha value is -3.50. The molecular weight excluding hydrogens is 472 g/mol. The summed E-state index contributed by atoms with van der Waals surface area (Å²) in [5.74, 6) is -3.14. The van der Waals surface area contributed by atoms with E-state index in [0.717, 1.165) is 6.04 Å². The molecule has 1 heterocycles. The van der Waals surface area contributed by atoms with Crippen LogP contribution < -0.4 is 9.47 Å². The Morgan fingerprint density at radius 2 is 1.86 bits per heavy atom. The van der Waals surface area contributed by atoms with Crippen LogP contribution in [0.25, 0.3) is 6.08 Å². The van der Waals surface area contributed by atoms with Crippen LogP contribution in [0, 0.1) is 0 Å². The molecule has 0 saturated carbocycles. The molecule has 0 radical (unpaired) electrons. The number of carboxylic acid groups (broad SMARTS) is 1. The zero-order chi connectivity index (χ0) is 25.8. The van der Waals surface area contributed by atoms with Crippen LogP contribution in [0.1, 0.15) is 28.7 Å². The van der Waals surface area contributed by atoms with Crippen molar-refractivity contribution in [1.82, 2.24) is 0 Å². The first-order valence-corrected chi connectivity index (χ1v) is 14.8. The number of fused-ring (bicyclic) bond motifs is 1. The maximum absolute atomic E-state index is 12.4. The lowest BCUT2D eigenvalue weighted by Gasteiger charge is -2.17. The van der Waals surface area contributed by atoms with E-state index in [1.54, 1.807) is 12.1 Å². The third kappa shape index (κ3) is 6.34. The average Bonchev–Trinajstić information content (AvgIpc) is 3.19. The number of ether oxygens (including phenoxy) is 4. The number of hydrogen-bond acceptors (Lipinski definition) is 8. The van der Waals surface area contributed by atoms with Crippen LogP contribution >= 0.6 is 0 Å². The maximum atomic E-state index is 12.4. The van der Waals surface area contributed by atoms with Crippen LogP contribution in [0.5, 0.6) is 23.0 Å². The molecule has 0 saturated heterocycles. The number of carboxylic acids is 1. The van der Waals surface area contributed by atoms with Gasteiger partial charge in [-0.2, -0.15) is 0 Å². The second-order valence-electron chi connectivity index (χ2n) is 9.36. The quantitative estimate of drug-likeness (QED) is 0.143. The van der Waals surface area contributed by atoms with Gasteiger partial charge in [-0.15, -0.1) is 0 Å². The van der Waals surface area contributed by atoms with Gasteiger partial charge in [0.25, 0.3) is 0 Å². The normalized spacial score (nSPS) is 17.1. The average molecular weight is 503 g/mol. The monoisotopic (exact) mass is 502 g/mol. The highest BCUT2D eigenvalue weighted by Gasteiger charge is 2.44. The number of hydrogen-bond donors (Lipinski definition) is 3. The Balaban J connectivity index is 1.97. The second kappa shape index (κ2) is 10.8. The predicted molar refractivity (Wildman–Crippen MR) is 131 cm³/mol. The van der Waals surface area contributed by atoms with Gasteiger partial charge in [-0.05, 0) is 41.4 Å². The van der Waals surface area contributed by atoms with Gasteiger partial charge in [0.15, 0.2) is 29.8 Å². The molecule has 2 atom stereocenters. The molecule has 0 unspecified atom stereocenters. The van der Waals surface area contributed by atoms with E-state index in [2.05, 4.69) is 19.6 Å². The van der Waals surface area contributed by atoms with E-state index in [9.17, 15) is 24.9 Å². The number of methoxy groups -OCH3 is 1. The van der Waals surface area contributed by atoms with Crippen LogP contribution in [0.4, 0.5) is 0 Å². The number of carbonyl (C=O) groups is 2. The van der Waals surface area contributed by atoms with E-state index in [1.807, 2.05) is 0 Å². The highest BCUT2D eigenvalue weighted by atomic mass is 28.3. The van der Waals surface area contributed by atoms with Crippen molar-refractivity contribution in [2.45, 2.75) is 37.7 Å². The molecule has 1 aliphatic heterocycles. The Morgan fingerprint density at radius 1 is 1.11 bits per heavy atom. The molecule has 35 heavy (non-hydrogen) atoms. The fourth-order valence-electron chi connectivity index (χ4n) is 3.66. The number of aliphatic carboxylic acids is 1. The minimum absolute atomic E-state index is 0.0865. The summed E-state index contributed by atoms with van der Waals surface area (Å²) >= 11 is 0. The Labute approximate surface area is 204 Å². The fraction of sp³-hybridized carbons (Fsp3) is 0.360. The smallest absolute Gasteiger partial charge is 0.330 e. The van der Waals surface area contributed by atoms with Crippen LogP contribution in [-0.2, 0) is 19.1 Å². The van der Waals surface area contributed by atoms with E-state index >= 15 is 0 Å². The summed E-state index contributed by atoms with van der Waals surface area (Å²) in [4.78, 5) is 24.6. The molecule has 3 rings (SSSR count). The molecule has 0 bridgehead atoms. The van der Waals surface area contributed by atoms with Crippen LogP contribution in [0.15, 0.2) is 36.4 Å². The number of phenolic OH excluding ortho intramolecular Hbond substituents is 2. The van der Waals surface area contributed by atoms with Gasteiger partial charge in [0, 0.05) is 26.8 Å². The Kier molecular flexibility index (Phi) is 8.08. The highest BCUT2D eigenvalue weighted by Crippen LogP contribution is 2.52. The molecule has 2 aromatic carbocycles. The number of rotatable bonds is 10. The third-order valence-electron chi connectivity index (χ3n) is 5.47. The number of aromatic hydroxyl groups is 2. The van der Waals surface area contributed by atoms with Gasteiger partial charge >= 0.3 is 11.9 Å². The van der Waals surface area contributed by atoms with Gasteiger partial charge in [-0.25, -0.2) is 4.79 Å². The third-order valence-corrected chi connectivity index (χ3v) is 7.18. The fourth-order valence-corrected chi connectivity index (χ4v) is 4.37. The van der Waals surface area contributed by atoms with Crippen molar-refractivity contribution < 1.29 is 43.9 Å². The molecule has 3 N–H and O–H groups in total. The van der Waals surface area contributed by atoms with Crippen LogP contribution in [0.2, 0.25) is 25.7 Å². The first-order valence-electron chi connectivity index (χ1n) is 11.1. The molecule has 0 spiro atoms. The van der Waals surface area contributed by atoms with Crippen molar-refractivity contribution in [1.29, 1.82) is 0 Å². The van der Waals surface area contributed by atoms with Crippen molar-refractivity contribution in [3.05, 3.63) is 53.1 Å². The van der Waals surface area contributed by atoms with Crippen molar-refractivity contribution in [2.24, 2.45) is 0 Å². The molecule has 2 aromatic rings. The SMILES string of the molecule is COCOc1ccc(/C=C/C(=O)OCC[Si](C)(C)C)c2c1O[C@H](c1ccc(O)c(O)c1)[C@@H]2C(=O)O. The Morgan fingerprint density at radius 3 is 2.49 bits per heavy atom. The van der Waals surface area contributed by atoms with Gasteiger partial charge < -0.3 is 34.3 Å². The van der Waals surface area contributed by atoms with Crippen molar-refractivity contribution in [3.8, 4) is 23.0 Å². The first-order chi connectivity index (χ1) is 16.5. The molecular formula is C25H30O9Si. The van der Waals surface area contributed by atoms with Gasteiger partial charge in [-0.1, -0.05) is 31.8 Å². The van der Waals surface area contributed by atoms with E-state index < -0.39 is 37.8 Å². The summed E-state index contributed by atoms with van der Waals surface area (Å²) in [6.07, 6.45) is 1.73. The lowest BCUT2D eigenvalue weighted by atomic mass is 9.88. The summed E-state index contributed by atoms with van der Waals surface area (Å²) in [6, 6.07) is 8.06. The van der Waals surface area contributed by atoms with E-state index in [0.29, 0.717) is 23.3 Å². The van der Waals surface area contributed by atoms with Gasteiger partial charge in [0.1, 0.15) is 12.0 Å². The molecule has 0 amide bonds. The van der Waals surface area contributed by atoms with E-state index in [4.69, 9.17) is 18.9 Å². The molecule has 9 nitrogen and oxygen atoms in total. The lowest BCUT2D eigenvalue weighted by molar-refractivity contribution is -0.140. The molecule has 0 aromatic heterocycles. The van der Waals surface area contributed by atoms with Gasteiger partial charge in [-0.3, -0.25) is 4.79 Å². The summed E-state index contributed by atoms with van der Waals surface area (Å²) in [5, 5.41) is 29.7. The van der Waals surface area contributed by atoms with Crippen molar-refractivity contribution in [3.63, 3.8) is 0 Å². The molecule has 188 valence electrons. The minimum atomic E-state index is -1.35. The maximum Gasteiger partial charge on any atom is 0.330 e. The number of esters is 1. The van der Waals surface area contributed by atoms with Crippen LogP contribution in [-0.4, -0.2) is 55.8 Å². The standard InChI is InChI=1S/C25H30O9Si/c1-31-14-33-19-9-6-15(7-10-20(28)32-11-12-35(2,3)4)21-22(25(29)30)23(34-24(19)21)16-5-8-17(26)18(27)13-16/h5-10,13,22-23,26-27H,11-12,14H2,1-4H3,(H,29,30)/b10-7+/t22-,23-/m1/s1. The predicted octanol–water partition coefficient (Wildman–Crippen LogP) is 4.28. The lowest BCUT2D eigenvalue weighted by Crippen LogP contribution is -2.22. The van der Waals surface area contributed by atoms with E-state index in [-0.39, 0.29) is 24.0 Å². The number of phenols is 2. The first kappa shape index (κ1) is 26.1. The minimum Gasteiger partial charge on any atom is -0.504 e. The van der Waals surface area contributed by atoms with E-state index in [1.165, 1.54) is 37.5 Å². The van der Waals surface area contributed by atoms with Crippen LogP contribution in [0.3, 0.4) is 0 Å². The Bertz CT molecular complexity index is 1120. The molecule has 1 aliphatic rings.